The molecular formula is C20H27ClIN3O3. The molecule has 154 valence electrons. The van der Waals surface area contributed by atoms with Crippen molar-refractivity contribution < 1.29 is 14.6 Å². The number of methoxy groups -OCH3 is 2. The second-order valence-corrected chi connectivity index (χ2v) is 6.37. The molecule has 0 fully saturated rings. The maximum absolute atomic E-state index is 10.0. The van der Waals surface area contributed by atoms with Crippen molar-refractivity contribution in [2.24, 2.45) is 4.99 Å². The molecule has 0 aliphatic carbocycles. The van der Waals surface area contributed by atoms with E-state index in [2.05, 4.69) is 10.3 Å². The SMILES string of the molecule is CCNC(=NCc1cc(OC)c(O)c(OC)c1)N(C)Cc1ccccc1Cl.I. The number of hydrogen-bond acceptors (Lipinski definition) is 4. The Bertz CT molecular complexity index is 777. The summed E-state index contributed by atoms with van der Waals surface area (Å²) in [6.07, 6.45) is 0. The van der Waals surface area contributed by atoms with Crippen LogP contribution in [0.5, 0.6) is 17.2 Å². The average molecular weight is 520 g/mol. The highest BCUT2D eigenvalue weighted by atomic mass is 127. The van der Waals surface area contributed by atoms with Gasteiger partial charge in [-0.05, 0) is 36.2 Å². The third kappa shape index (κ3) is 6.34. The third-order valence-electron chi connectivity index (χ3n) is 4.01. The molecule has 6 nitrogen and oxygen atoms in total. The van der Waals surface area contributed by atoms with E-state index in [4.69, 9.17) is 21.1 Å². The minimum atomic E-state index is -0.0181. The summed E-state index contributed by atoms with van der Waals surface area (Å²) in [4.78, 5) is 6.70. The van der Waals surface area contributed by atoms with Crippen LogP contribution in [0.4, 0.5) is 0 Å². The lowest BCUT2D eigenvalue weighted by molar-refractivity contribution is 0.339. The summed E-state index contributed by atoms with van der Waals surface area (Å²) < 4.78 is 10.4. The van der Waals surface area contributed by atoms with Crippen molar-refractivity contribution in [1.82, 2.24) is 10.2 Å². The summed E-state index contributed by atoms with van der Waals surface area (Å²) >= 11 is 6.27. The van der Waals surface area contributed by atoms with Gasteiger partial charge in [-0.1, -0.05) is 29.8 Å². The summed E-state index contributed by atoms with van der Waals surface area (Å²) in [5, 5.41) is 14.0. The fourth-order valence-electron chi connectivity index (χ4n) is 2.63. The monoisotopic (exact) mass is 519 g/mol. The van der Waals surface area contributed by atoms with Gasteiger partial charge in [0.05, 0.1) is 20.8 Å². The molecule has 2 rings (SSSR count). The van der Waals surface area contributed by atoms with Crippen LogP contribution in [0.25, 0.3) is 0 Å². The van der Waals surface area contributed by atoms with Gasteiger partial charge in [0.1, 0.15) is 0 Å². The standard InChI is InChI=1S/C20H26ClN3O3.HI/c1-5-22-20(24(2)13-15-8-6-7-9-16(15)21)23-12-14-10-17(26-3)19(25)18(11-14)27-4;/h6-11,25H,5,12-13H2,1-4H3,(H,22,23);1H. The first-order valence-electron chi connectivity index (χ1n) is 8.66. The van der Waals surface area contributed by atoms with Crippen molar-refractivity contribution in [2.75, 3.05) is 27.8 Å². The van der Waals surface area contributed by atoms with E-state index in [1.54, 1.807) is 12.1 Å². The van der Waals surface area contributed by atoms with Crippen LogP contribution in [-0.4, -0.2) is 43.8 Å². The van der Waals surface area contributed by atoms with Gasteiger partial charge in [-0.2, -0.15) is 0 Å². The lowest BCUT2D eigenvalue weighted by atomic mass is 10.2. The zero-order chi connectivity index (χ0) is 19.8. The van der Waals surface area contributed by atoms with E-state index >= 15 is 0 Å². The van der Waals surface area contributed by atoms with E-state index in [1.165, 1.54) is 14.2 Å². The van der Waals surface area contributed by atoms with Crippen LogP contribution >= 0.6 is 35.6 Å². The van der Waals surface area contributed by atoms with Crippen molar-refractivity contribution in [3.63, 3.8) is 0 Å². The molecule has 0 saturated heterocycles. The van der Waals surface area contributed by atoms with Crippen molar-refractivity contribution in [3.8, 4) is 17.2 Å². The van der Waals surface area contributed by atoms with Crippen LogP contribution < -0.4 is 14.8 Å². The normalized spacial score (nSPS) is 10.8. The highest BCUT2D eigenvalue weighted by Gasteiger charge is 2.12. The summed E-state index contributed by atoms with van der Waals surface area (Å²) in [6, 6.07) is 11.3. The zero-order valence-electron chi connectivity index (χ0n) is 16.5. The predicted molar refractivity (Wildman–Crippen MR) is 124 cm³/mol. The summed E-state index contributed by atoms with van der Waals surface area (Å²) in [5.41, 5.74) is 1.89. The molecule has 0 aromatic heterocycles. The Labute approximate surface area is 188 Å². The summed E-state index contributed by atoms with van der Waals surface area (Å²) in [7, 11) is 4.97. The Morgan fingerprint density at radius 1 is 1.18 bits per heavy atom. The maximum Gasteiger partial charge on any atom is 0.200 e. The summed E-state index contributed by atoms with van der Waals surface area (Å²) in [5.74, 6) is 1.45. The lowest BCUT2D eigenvalue weighted by Crippen LogP contribution is -2.38. The van der Waals surface area contributed by atoms with E-state index in [-0.39, 0.29) is 29.7 Å². The molecule has 0 atom stereocenters. The number of rotatable bonds is 7. The Balaban J connectivity index is 0.00000392. The topological polar surface area (TPSA) is 66.3 Å². The summed E-state index contributed by atoms with van der Waals surface area (Å²) in [6.45, 7) is 3.80. The first kappa shape index (κ1) is 24.2. The van der Waals surface area contributed by atoms with E-state index < -0.39 is 0 Å². The van der Waals surface area contributed by atoms with Crippen LogP contribution in [-0.2, 0) is 13.1 Å². The molecule has 0 amide bonds. The van der Waals surface area contributed by atoms with Gasteiger partial charge in [0.2, 0.25) is 5.75 Å². The largest absolute Gasteiger partial charge is 0.502 e. The number of nitrogens with one attached hydrogen (secondary N) is 1. The highest BCUT2D eigenvalue weighted by molar-refractivity contribution is 14.0. The highest BCUT2D eigenvalue weighted by Crippen LogP contribution is 2.37. The second kappa shape index (κ2) is 11.9. The molecule has 0 saturated carbocycles. The number of ether oxygens (including phenoxy) is 2. The van der Waals surface area contributed by atoms with Gasteiger partial charge in [-0.3, -0.25) is 0 Å². The fourth-order valence-corrected chi connectivity index (χ4v) is 2.83. The third-order valence-corrected chi connectivity index (χ3v) is 4.38. The number of guanidine groups is 1. The van der Waals surface area contributed by atoms with Crippen LogP contribution in [0.15, 0.2) is 41.4 Å². The Hall–Kier alpha value is -1.87. The molecule has 2 N–H and O–H groups in total. The quantitative estimate of drug-likeness (QED) is 0.325. The van der Waals surface area contributed by atoms with Gasteiger partial charge in [0, 0.05) is 25.2 Å². The molecule has 2 aromatic carbocycles. The van der Waals surface area contributed by atoms with Crippen molar-refractivity contribution in [2.45, 2.75) is 20.0 Å². The fraction of sp³-hybridized carbons (Fsp3) is 0.350. The zero-order valence-corrected chi connectivity index (χ0v) is 19.6. The lowest BCUT2D eigenvalue weighted by Gasteiger charge is -2.22. The predicted octanol–water partition coefficient (Wildman–Crippen LogP) is 4.28. The first-order chi connectivity index (χ1) is 13.0. The van der Waals surface area contributed by atoms with E-state index in [0.717, 1.165) is 28.7 Å². The Kier molecular flexibility index (Phi) is 10.2. The Morgan fingerprint density at radius 3 is 2.32 bits per heavy atom. The average Bonchev–Trinajstić information content (AvgIpc) is 2.67. The number of nitrogens with zero attached hydrogens (tertiary/aromatic N) is 2. The smallest absolute Gasteiger partial charge is 0.200 e. The maximum atomic E-state index is 10.0. The minimum absolute atomic E-state index is 0. The van der Waals surface area contributed by atoms with Gasteiger partial charge in [-0.25, -0.2) is 4.99 Å². The number of phenolic OH excluding ortho intramolecular Hbond substituents is 1. The molecule has 0 spiro atoms. The number of halogens is 2. The number of phenols is 1. The van der Waals surface area contributed by atoms with Gasteiger partial charge in [0.15, 0.2) is 17.5 Å². The first-order valence-corrected chi connectivity index (χ1v) is 9.04. The van der Waals surface area contributed by atoms with E-state index in [9.17, 15) is 5.11 Å². The molecule has 2 aromatic rings. The number of aromatic hydroxyl groups is 1. The van der Waals surface area contributed by atoms with Gasteiger partial charge in [0.25, 0.3) is 0 Å². The van der Waals surface area contributed by atoms with Crippen LogP contribution in [0.1, 0.15) is 18.1 Å². The Morgan fingerprint density at radius 2 is 1.79 bits per heavy atom. The van der Waals surface area contributed by atoms with Gasteiger partial charge in [-0.15, -0.1) is 24.0 Å². The van der Waals surface area contributed by atoms with Crippen LogP contribution in [0.3, 0.4) is 0 Å². The van der Waals surface area contributed by atoms with E-state index in [1.807, 2.05) is 43.1 Å². The second-order valence-electron chi connectivity index (χ2n) is 5.97. The molecule has 0 bridgehead atoms. The molecule has 28 heavy (non-hydrogen) atoms. The van der Waals surface area contributed by atoms with E-state index in [0.29, 0.717) is 24.6 Å². The minimum Gasteiger partial charge on any atom is -0.502 e. The molecule has 0 aliphatic heterocycles. The number of hydrogen-bond donors (Lipinski definition) is 2. The van der Waals surface area contributed by atoms with Crippen LogP contribution in [0, 0.1) is 0 Å². The molecule has 0 heterocycles. The molecule has 0 radical (unpaired) electrons. The van der Waals surface area contributed by atoms with Gasteiger partial charge < -0.3 is 24.8 Å². The van der Waals surface area contributed by atoms with Crippen molar-refractivity contribution in [3.05, 3.63) is 52.5 Å². The van der Waals surface area contributed by atoms with Gasteiger partial charge >= 0.3 is 0 Å². The molecule has 8 heteroatoms. The van der Waals surface area contributed by atoms with Crippen molar-refractivity contribution in [1.29, 1.82) is 0 Å². The number of benzene rings is 2. The van der Waals surface area contributed by atoms with Crippen molar-refractivity contribution >= 4 is 41.5 Å². The number of aliphatic imine (C=N–C) groups is 1. The molecular weight excluding hydrogens is 493 g/mol. The molecule has 0 aliphatic rings. The molecule has 0 unspecified atom stereocenters. The van der Waals surface area contributed by atoms with Crippen LogP contribution in [0.2, 0.25) is 5.02 Å².